The van der Waals surface area contributed by atoms with Crippen LogP contribution in [0.1, 0.15) is 11.3 Å². The summed E-state index contributed by atoms with van der Waals surface area (Å²) >= 11 is 1.31. The molecule has 0 saturated heterocycles. The largest absolute Gasteiger partial charge is 0.375 e. The highest BCUT2D eigenvalue weighted by Gasteiger charge is 2.07. The summed E-state index contributed by atoms with van der Waals surface area (Å²) in [5.74, 6) is -0.202. The minimum Gasteiger partial charge on any atom is -0.375 e. The number of anilines is 2. The van der Waals surface area contributed by atoms with Gasteiger partial charge in [0.2, 0.25) is 11.8 Å². The molecule has 0 bridgehead atoms. The minimum atomic E-state index is -0.153. The number of nitrogen functional groups attached to an aromatic ring is 1. The van der Waals surface area contributed by atoms with Crippen molar-refractivity contribution < 1.29 is 9.59 Å². The first-order chi connectivity index (χ1) is 10.1. The van der Waals surface area contributed by atoms with Gasteiger partial charge >= 0.3 is 0 Å². The van der Waals surface area contributed by atoms with Crippen LogP contribution in [0.2, 0.25) is 0 Å². The fourth-order valence-electron chi connectivity index (χ4n) is 1.75. The zero-order valence-corrected chi connectivity index (χ0v) is 12.4. The maximum absolute atomic E-state index is 11.8. The summed E-state index contributed by atoms with van der Waals surface area (Å²) < 4.78 is 0. The van der Waals surface area contributed by atoms with Gasteiger partial charge in [-0.1, -0.05) is 12.1 Å². The number of nitrogens with zero attached hydrogens (tertiary/aromatic N) is 1. The van der Waals surface area contributed by atoms with Gasteiger partial charge in [-0.3, -0.25) is 9.59 Å². The van der Waals surface area contributed by atoms with Gasteiger partial charge in [0, 0.05) is 18.1 Å². The summed E-state index contributed by atoms with van der Waals surface area (Å²) in [5, 5.41) is 7.56. The van der Waals surface area contributed by atoms with Crippen LogP contribution in [0.4, 0.5) is 10.8 Å². The Morgan fingerprint density at radius 3 is 2.48 bits per heavy atom. The number of nitrogens with two attached hydrogens (primary N) is 1. The van der Waals surface area contributed by atoms with E-state index in [-0.39, 0.29) is 18.2 Å². The van der Waals surface area contributed by atoms with Crippen LogP contribution in [0.25, 0.3) is 0 Å². The summed E-state index contributed by atoms with van der Waals surface area (Å²) in [6.45, 7) is 0. The molecule has 0 radical (unpaired) electrons. The third-order valence-electron chi connectivity index (χ3n) is 2.79. The Morgan fingerprint density at radius 1 is 1.19 bits per heavy atom. The van der Waals surface area contributed by atoms with Crippen LogP contribution in [0.3, 0.4) is 0 Å². The lowest BCUT2D eigenvalue weighted by Crippen LogP contribution is -2.20. The molecule has 1 aromatic heterocycles. The molecule has 4 N–H and O–H groups in total. The van der Waals surface area contributed by atoms with Crippen LogP contribution < -0.4 is 16.4 Å². The highest BCUT2D eigenvalue weighted by atomic mass is 32.1. The molecule has 0 unspecified atom stereocenters. The normalized spacial score (nSPS) is 10.1. The second-order valence-electron chi connectivity index (χ2n) is 4.45. The van der Waals surface area contributed by atoms with Crippen molar-refractivity contribution in [3.63, 3.8) is 0 Å². The van der Waals surface area contributed by atoms with Gasteiger partial charge in [-0.05, 0) is 17.7 Å². The summed E-state index contributed by atoms with van der Waals surface area (Å²) in [6, 6.07) is 7.16. The maximum Gasteiger partial charge on any atom is 0.230 e. The van der Waals surface area contributed by atoms with Crippen LogP contribution >= 0.6 is 11.3 Å². The first-order valence-electron chi connectivity index (χ1n) is 6.36. The molecule has 2 aromatic rings. The molecule has 21 heavy (non-hydrogen) atoms. The van der Waals surface area contributed by atoms with Crippen molar-refractivity contribution in [2.24, 2.45) is 0 Å². The molecule has 0 aliphatic heterocycles. The molecule has 1 heterocycles. The van der Waals surface area contributed by atoms with Crippen molar-refractivity contribution in [3.8, 4) is 0 Å². The third kappa shape index (κ3) is 4.57. The molecular formula is C14H16N4O2S. The van der Waals surface area contributed by atoms with Crippen molar-refractivity contribution in [2.75, 3.05) is 18.1 Å². The van der Waals surface area contributed by atoms with Gasteiger partial charge in [0.1, 0.15) is 0 Å². The highest BCUT2D eigenvalue weighted by molar-refractivity contribution is 7.13. The summed E-state index contributed by atoms with van der Waals surface area (Å²) in [7, 11) is 1.60. The first kappa shape index (κ1) is 15.0. The van der Waals surface area contributed by atoms with Crippen LogP contribution in [0.15, 0.2) is 29.6 Å². The molecule has 1 aromatic carbocycles. The Kier molecular flexibility index (Phi) is 4.89. The van der Waals surface area contributed by atoms with Crippen LogP contribution in [-0.4, -0.2) is 23.8 Å². The molecule has 0 spiro atoms. The lowest BCUT2D eigenvalue weighted by molar-refractivity contribution is -0.120. The van der Waals surface area contributed by atoms with E-state index < -0.39 is 0 Å². The fraction of sp³-hybridized carbons (Fsp3) is 0.214. The number of nitrogens with one attached hydrogen (secondary N) is 2. The Morgan fingerprint density at radius 2 is 1.90 bits per heavy atom. The number of hydrogen-bond donors (Lipinski definition) is 3. The minimum absolute atomic E-state index is 0.0482. The number of aromatic nitrogens is 1. The van der Waals surface area contributed by atoms with E-state index in [2.05, 4.69) is 15.6 Å². The van der Waals surface area contributed by atoms with E-state index in [1.165, 1.54) is 11.3 Å². The lowest BCUT2D eigenvalue weighted by atomic mass is 10.1. The average molecular weight is 304 g/mol. The number of hydrogen-bond acceptors (Lipinski definition) is 5. The van der Waals surface area contributed by atoms with E-state index in [1.54, 1.807) is 24.6 Å². The van der Waals surface area contributed by atoms with E-state index in [4.69, 9.17) is 5.73 Å². The molecule has 0 saturated carbocycles. The van der Waals surface area contributed by atoms with Gasteiger partial charge in [-0.2, -0.15) is 0 Å². The zero-order chi connectivity index (χ0) is 15.2. The molecular weight excluding hydrogens is 288 g/mol. The topological polar surface area (TPSA) is 97.1 Å². The van der Waals surface area contributed by atoms with Crippen molar-refractivity contribution in [1.29, 1.82) is 0 Å². The SMILES string of the molecule is CNC(=O)Cc1ccc(NC(=O)Cc2csc(N)n2)cc1. The second kappa shape index (κ2) is 6.85. The van der Waals surface area contributed by atoms with Crippen LogP contribution in [-0.2, 0) is 22.4 Å². The second-order valence-corrected chi connectivity index (χ2v) is 5.34. The molecule has 0 fully saturated rings. The van der Waals surface area contributed by atoms with E-state index in [0.717, 1.165) is 5.56 Å². The van der Waals surface area contributed by atoms with E-state index in [9.17, 15) is 9.59 Å². The molecule has 0 atom stereocenters. The van der Waals surface area contributed by atoms with Gasteiger partial charge in [0.25, 0.3) is 0 Å². The summed E-state index contributed by atoms with van der Waals surface area (Å²) in [6.07, 6.45) is 0.510. The molecule has 0 aliphatic carbocycles. The molecule has 2 amide bonds. The fourth-order valence-corrected chi connectivity index (χ4v) is 2.32. The van der Waals surface area contributed by atoms with Crippen molar-refractivity contribution >= 4 is 34.0 Å². The maximum atomic E-state index is 11.8. The zero-order valence-electron chi connectivity index (χ0n) is 11.6. The number of benzene rings is 1. The first-order valence-corrected chi connectivity index (χ1v) is 7.24. The van der Waals surface area contributed by atoms with Gasteiger partial charge < -0.3 is 16.4 Å². The van der Waals surface area contributed by atoms with Gasteiger partial charge in [-0.15, -0.1) is 11.3 Å². The summed E-state index contributed by atoms with van der Waals surface area (Å²) in [5.41, 5.74) is 7.75. The van der Waals surface area contributed by atoms with E-state index in [0.29, 0.717) is 22.9 Å². The molecule has 2 rings (SSSR count). The lowest BCUT2D eigenvalue weighted by Gasteiger charge is -2.05. The van der Waals surface area contributed by atoms with Crippen LogP contribution in [0, 0.1) is 0 Å². The monoisotopic (exact) mass is 304 g/mol. The van der Waals surface area contributed by atoms with Gasteiger partial charge in [0.15, 0.2) is 5.13 Å². The molecule has 7 heteroatoms. The van der Waals surface area contributed by atoms with Crippen molar-refractivity contribution in [2.45, 2.75) is 12.8 Å². The third-order valence-corrected chi connectivity index (χ3v) is 3.52. The smallest absolute Gasteiger partial charge is 0.230 e. The predicted molar refractivity (Wildman–Crippen MR) is 83.1 cm³/mol. The molecule has 110 valence electrons. The van der Waals surface area contributed by atoms with E-state index >= 15 is 0 Å². The highest BCUT2D eigenvalue weighted by Crippen LogP contribution is 2.13. The Labute approximate surface area is 126 Å². The number of amides is 2. The van der Waals surface area contributed by atoms with Gasteiger partial charge in [-0.25, -0.2) is 4.98 Å². The number of carbonyl (C=O) groups excluding carboxylic acids is 2. The number of thiazole rings is 1. The molecule has 6 nitrogen and oxygen atoms in total. The average Bonchev–Trinajstić information content (AvgIpc) is 2.86. The summed E-state index contributed by atoms with van der Waals surface area (Å²) in [4.78, 5) is 27.1. The standard InChI is InChI=1S/C14H16N4O2S/c1-16-12(19)6-9-2-4-10(5-3-9)17-13(20)7-11-8-21-14(15)18-11/h2-5,8H,6-7H2,1H3,(H2,15,18)(H,16,19)(H,17,20). The van der Waals surface area contributed by atoms with Crippen molar-refractivity contribution in [1.82, 2.24) is 10.3 Å². The van der Waals surface area contributed by atoms with Crippen LogP contribution in [0.5, 0.6) is 0 Å². The van der Waals surface area contributed by atoms with Crippen molar-refractivity contribution in [3.05, 3.63) is 40.9 Å². The Balaban J connectivity index is 1.90. The Hall–Kier alpha value is -2.41. The number of rotatable bonds is 5. The Bertz CT molecular complexity index is 637. The molecule has 0 aliphatic rings. The predicted octanol–water partition coefficient (Wildman–Crippen LogP) is 1.19. The van der Waals surface area contributed by atoms with Gasteiger partial charge in [0.05, 0.1) is 18.5 Å². The van der Waals surface area contributed by atoms with E-state index in [1.807, 2.05) is 12.1 Å². The quantitative estimate of drug-likeness (QED) is 0.773. The number of carbonyl (C=O) groups is 2. The number of likely N-dealkylation sites (N-methyl/N-ethyl adjacent to an activating group) is 1.